The highest BCUT2D eigenvalue weighted by Crippen LogP contribution is 2.40. The lowest BCUT2D eigenvalue weighted by Crippen LogP contribution is -2.12. The summed E-state index contributed by atoms with van der Waals surface area (Å²) in [6.45, 7) is 8.74. The van der Waals surface area contributed by atoms with Crippen LogP contribution in [0.15, 0.2) is 83.5 Å². The maximum Gasteiger partial charge on any atom is 0.149 e. The summed E-state index contributed by atoms with van der Waals surface area (Å²) in [5.41, 5.74) is 7.99. The number of benzene rings is 3. The van der Waals surface area contributed by atoms with Gasteiger partial charge in [0, 0.05) is 28.2 Å². The molecular formula is C29H25N3O. The van der Waals surface area contributed by atoms with Crippen molar-refractivity contribution in [2.45, 2.75) is 33.1 Å². The molecule has 162 valence electrons. The molecule has 6 rings (SSSR count). The van der Waals surface area contributed by atoms with Gasteiger partial charge in [0.15, 0.2) is 0 Å². The first-order chi connectivity index (χ1) is 15.9. The summed E-state index contributed by atoms with van der Waals surface area (Å²) >= 11 is 0. The van der Waals surface area contributed by atoms with Crippen molar-refractivity contribution in [3.05, 3.63) is 90.3 Å². The number of fused-ring (bicyclic) bond motifs is 4. The lowest BCUT2D eigenvalue weighted by atomic mass is 9.87. The average Bonchev–Trinajstić information content (AvgIpc) is 3.38. The second-order valence-corrected chi connectivity index (χ2v) is 9.64. The SMILES string of the molecule is Cc1ccc(-c2nc3c(C(C)(C)C)cncc3n2-c2ccccc2)c2oc3ccccc3c12. The molecule has 0 amide bonds. The molecule has 0 aliphatic carbocycles. The largest absolute Gasteiger partial charge is 0.455 e. The van der Waals surface area contributed by atoms with Crippen molar-refractivity contribution in [3.8, 4) is 17.1 Å². The lowest BCUT2D eigenvalue weighted by molar-refractivity contribution is 0.592. The Morgan fingerprint density at radius 3 is 2.39 bits per heavy atom. The standard InChI is InChI=1S/C29H25N3O/c1-18-14-15-21(27-25(18)20-12-8-9-13-24(20)33-27)28-31-26-22(29(2,3)4)16-30-17-23(26)32(28)19-10-6-5-7-11-19/h5-17H,1-4H3. The maximum atomic E-state index is 6.43. The van der Waals surface area contributed by atoms with Crippen molar-refractivity contribution in [2.24, 2.45) is 0 Å². The Balaban J connectivity index is 1.77. The topological polar surface area (TPSA) is 43.9 Å². The Bertz CT molecular complexity index is 1650. The van der Waals surface area contributed by atoms with Crippen molar-refractivity contribution in [1.82, 2.24) is 14.5 Å². The summed E-state index contributed by atoms with van der Waals surface area (Å²) in [5, 5.41) is 2.27. The molecule has 0 spiro atoms. The average molecular weight is 432 g/mol. The number of hydrogen-bond donors (Lipinski definition) is 0. The fraction of sp³-hybridized carbons (Fsp3) is 0.172. The Labute approximate surface area is 192 Å². The van der Waals surface area contributed by atoms with E-state index in [1.54, 1.807) is 0 Å². The van der Waals surface area contributed by atoms with E-state index in [0.717, 1.165) is 55.6 Å². The Hall–Kier alpha value is -3.92. The Morgan fingerprint density at radius 2 is 1.61 bits per heavy atom. The Kier molecular flexibility index (Phi) is 4.21. The number of aryl methyl sites for hydroxylation is 1. The van der Waals surface area contributed by atoms with Gasteiger partial charge in [-0.25, -0.2) is 4.98 Å². The van der Waals surface area contributed by atoms with Gasteiger partial charge in [0.25, 0.3) is 0 Å². The van der Waals surface area contributed by atoms with E-state index in [2.05, 4.69) is 85.8 Å². The summed E-state index contributed by atoms with van der Waals surface area (Å²) in [5.74, 6) is 0.860. The van der Waals surface area contributed by atoms with Crippen molar-refractivity contribution < 1.29 is 4.42 Å². The highest BCUT2D eigenvalue weighted by atomic mass is 16.3. The predicted molar refractivity (Wildman–Crippen MR) is 135 cm³/mol. The van der Waals surface area contributed by atoms with Gasteiger partial charge in [-0.2, -0.15) is 0 Å². The van der Waals surface area contributed by atoms with E-state index in [-0.39, 0.29) is 5.41 Å². The van der Waals surface area contributed by atoms with Crippen LogP contribution in [0.1, 0.15) is 31.9 Å². The minimum atomic E-state index is -0.0817. The normalized spacial score (nSPS) is 12.2. The van der Waals surface area contributed by atoms with Crippen LogP contribution in [0.5, 0.6) is 0 Å². The zero-order valence-electron chi connectivity index (χ0n) is 19.3. The van der Waals surface area contributed by atoms with E-state index < -0.39 is 0 Å². The molecule has 0 aliphatic heterocycles. The van der Waals surface area contributed by atoms with Gasteiger partial charge in [-0.15, -0.1) is 0 Å². The van der Waals surface area contributed by atoms with Gasteiger partial charge in [-0.1, -0.05) is 63.2 Å². The van der Waals surface area contributed by atoms with E-state index in [0.29, 0.717) is 0 Å². The second kappa shape index (κ2) is 7.04. The molecule has 33 heavy (non-hydrogen) atoms. The van der Waals surface area contributed by atoms with Crippen LogP contribution in [-0.2, 0) is 5.41 Å². The third-order valence-electron chi connectivity index (χ3n) is 6.37. The van der Waals surface area contributed by atoms with E-state index in [1.165, 1.54) is 5.56 Å². The number of pyridine rings is 1. The number of nitrogens with zero attached hydrogens (tertiary/aromatic N) is 3. The molecule has 0 fully saturated rings. The minimum absolute atomic E-state index is 0.0817. The molecule has 0 bridgehead atoms. The van der Waals surface area contributed by atoms with Gasteiger partial charge in [0.2, 0.25) is 0 Å². The van der Waals surface area contributed by atoms with Crippen LogP contribution in [0.3, 0.4) is 0 Å². The molecule has 3 aromatic heterocycles. The van der Waals surface area contributed by atoms with Crippen LogP contribution >= 0.6 is 0 Å². The number of aromatic nitrogens is 3. The maximum absolute atomic E-state index is 6.43. The molecule has 0 saturated carbocycles. The molecule has 3 aromatic carbocycles. The molecule has 0 unspecified atom stereocenters. The van der Waals surface area contributed by atoms with Gasteiger partial charge in [-0.05, 0) is 42.2 Å². The van der Waals surface area contributed by atoms with Crippen LogP contribution in [0.4, 0.5) is 0 Å². The van der Waals surface area contributed by atoms with Crippen LogP contribution in [0, 0.1) is 6.92 Å². The first kappa shape index (κ1) is 19.7. The molecule has 4 heteroatoms. The molecule has 0 aliphatic rings. The van der Waals surface area contributed by atoms with Gasteiger partial charge in [0.1, 0.15) is 17.0 Å². The van der Waals surface area contributed by atoms with E-state index in [4.69, 9.17) is 9.40 Å². The van der Waals surface area contributed by atoms with Crippen LogP contribution < -0.4 is 0 Å². The van der Waals surface area contributed by atoms with Gasteiger partial charge >= 0.3 is 0 Å². The monoisotopic (exact) mass is 431 g/mol. The van der Waals surface area contributed by atoms with Gasteiger partial charge in [0.05, 0.1) is 22.8 Å². The van der Waals surface area contributed by atoms with Crippen molar-refractivity contribution >= 4 is 33.0 Å². The molecule has 4 nitrogen and oxygen atoms in total. The number of imidazole rings is 1. The second-order valence-electron chi connectivity index (χ2n) is 9.64. The van der Waals surface area contributed by atoms with Crippen LogP contribution in [0.2, 0.25) is 0 Å². The van der Waals surface area contributed by atoms with Gasteiger partial charge in [-0.3, -0.25) is 9.55 Å². The summed E-state index contributed by atoms with van der Waals surface area (Å²) in [6, 6.07) is 22.9. The lowest BCUT2D eigenvalue weighted by Gasteiger charge is -2.18. The molecule has 0 atom stereocenters. The molecule has 3 heterocycles. The molecular weight excluding hydrogens is 406 g/mol. The molecule has 0 radical (unpaired) electrons. The predicted octanol–water partition coefficient (Wildman–Crippen LogP) is 7.59. The summed E-state index contributed by atoms with van der Waals surface area (Å²) < 4.78 is 8.64. The molecule has 6 aromatic rings. The highest BCUT2D eigenvalue weighted by molar-refractivity contribution is 6.11. The summed E-state index contributed by atoms with van der Waals surface area (Å²) in [4.78, 5) is 9.84. The third-order valence-corrected chi connectivity index (χ3v) is 6.37. The first-order valence-electron chi connectivity index (χ1n) is 11.3. The van der Waals surface area contributed by atoms with Crippen molar-refractivity contribution in [1.29, 1.82) is 0 Å². The van der Waals surface area contributed by atoms with E-state index in [1.807, 2.05) is 30.6 Å². The third kappa shape index (κ3) is 2.98. The van der Waals surface area contributed by atoms with Crippen molar-refractivity contribution in [3.63, 3.8) is 0 Å². The highest BCUT2D eigenvalue weighted by Gasteiger charge is 2.25. The minimum Gasteiger partial charge on any atom is -0.455 e. The smallest absolute Gasteiger partial charge is 0.149 e. The zero-order chi connectivity index (χ0) is 22.7. The van der Waals surface area contributed by atoms with E-state index >= 15 is 0 Å². The number of para-hydroxylation sites is 2. The Morgan fingerprint density at radius 1 is 0.848 bits per heavy atom. The van der Waals surface area contributed by atoms with Gasteiger partial charge < -0.3 is 4.42 Å². The van der Waals surface area contributed by atoms with Crippen LogP contribution in [-0.4, -0.2) is 14.5 Å². The number of rotatable bonds is 2. The fourth-order valence-corrected chi connectivity index (χ4v) is 4.73. The molecule has 0 N–H and O–H groups in total. The zero-order valence-corrected chi connectivity index (χ0v) is 19.3. The number of furan rings is 1. The number of hydrogen-bond acceptors (Lipinski definition) is 3. The van der Waals surface area contributed by atoms with Crippen molar-refractivity contribution in [2.75, 3.05) is 0 Å². The quantitative estimate of drug-likeness (QED) is 0.284. The van der Waals surface area contributed by atoms with E-state index in [9.17, 15) is 0 Å². The molecule has 0 saturated heterocycles. The summed E-state index contributed by atoms with van der Waals surface area (Å²) in [7, 11) is 0. The fourth-order valence-electron chi connectivity index (χ4n) is 4.73. The first-order valence-corrected chi connectivity index (χ1v) is 11.3. The van der Waals surface area contributed by atoms with Crippen LogP contribution in [0.25, 0.3) is 50.0 Å². The summed E-state index contributed by atoms with van der Waals surface area (Å²) in [6.07, 6.45) is 3.86.